The van der Waals surface area contributed by atoms with Crippen molar-refractivity contribution in [1.29, 1.82) is 0 Å². The highest BCUT2D eigenvalue weighted by atomic mass is 16.2. The summed E-state index contributed by atoms with van der Waals surface area (Å²) < 4.78 is 3.09. The molecule has 1 heterocycles. The fourth-order valence-corrected chi connectivity index (χ4v) is 1.31. The SMILES string of the molecule is CNc1nn(C)c(=O)n1C1CC1. The van der Waals surface area contributed by atoms with Crippen molar-refractivity contribution < 1.29 is 0 Å². The fraction of sp³-hybridized carbons (Fsp3) is 0.714. The lowest BCUT2D eigenvalue weighted by atomic mass is 10.6. The number of aryl methyl sites for hydroxylation is 1. The number of anilines is 1. The minimum Gasteiger partial charge on any atom is -0.357 e. The van der Waals surface area contributed by atoms with Gasteiger partial charge in [-0.3, -0.25) is 4.57 Å². The number of nitrogens with one attached hydrogen (secondary N) is 1. The van der Waals surface area contributed by atoms with Crippen molar-refractivity contribution in [3.63, 3.8) is 0 Å². The molecule has 66 valence electrons. The second-order valence-electron chi connectivity index (χ2n) is 3.08. The Kier molecular flexibility index (Phi) is 1.46. The Balaban J connectivity index is 2.53. The quantitative estimate of drug-likeness (QED) is 0.674. The molecule has 1 saturated carbocycles. The van der Waals surface area contributed by atoms with Gasteiger partial charge in [-0.05, 0) is 12.8 Å². The molecule has 0 amide bonds. The van der Waals surface area contributed by atoms with Crippen LogP contribution in [0.25, 0.3) is 0 Å². The van der Waals surface area contributed by atoms with Crippen LogP contribution < -0.4 is 11.0 Å². The number of aromatic nitrogens is 3. The lowest BCUT2D eigenvalue weighted by molar-refractivity contribution is 0.668. The molecule has 0 spiro atoms. The lowest BCUT2D eigenvalue weighted by Crippen LogP contribution is -2.22. The van der Waals surface area contributed by atoms with E-state index < -0.39 is 0 Å². The minimum absolute atomic E-state index is 0.0261. The molecule has 1 aromatic rings. The molecule has 0 bridgehead atoms. The Morgan fingerprint density at radius 3 is 2.75 bits per heavy atom. The van der Waals surface area contributed by atoms with Crippen molar-refractivity contribution in [2.75, 3.05) is 12.4 Å². The third-order valence-corrected chi connectivity index (χ3v) is 2.09. The van der Waals surface area contributed by atoms with Crippen molar-refractivity contribution in [2.24, 2.45) is 7.05 Å². The van der Waals surface area contributed by atoms with E-state index in [0.717, 1.165) is 12.8 Å². The predicted molar refractivity (Wildman–Crippen MR) is 45.3 cm³/mol. The smallest absolute Gasteiger partial charge is 0.347 e. The molecular formula is C7H12N4O. The van der Waals surface area contributed by atoms with Crippen LogP contribution in [-0.2, 0) is 7.05 Å². The van der Waals surface area contributed by atoms with Crippen molar-refractivity contribution in [1.82, 2.24) is 14.3 Å². The van der Waals surface area contributed by atoms with Gasteiger partial charge in [-0.25, -0.2) is 9.48 Å². The first kappa shape index (κ1) is 7.39. The summed E-state index contributed by atoms with van der Waals surface area (Å²) >= 11 is 0. The lowest BCUT2D eigenvalue weighted by Gasteiger charge is -1.99. The molecule has 1 fully saturated rings. The zero-order chi connectivity index (χ0) is 8.72. The van der Waals surface area contributed by atoms with Crippen LogP contribution in [0.1, 0.15) is 18.9 Å². The Bertz CT molecular complexity index is 347. The molecular weight excluding hydrogens is 156 g/mol. The maximum atomic E-state index is 11.5. The number of nitrogens with zero attached hydrogens (tertiary/aromatic N) is 3. The second kappa shape index (κ2) is 2.36. The molecule has 1 aliphatic carbocycles. The van der Waals surface area contributed by atoms with Crippen molar-refractivity contribution in [3.05, 3.63) is 10.5 Å². The van der Waals surface area contributed by atoms with Crippen molar-refractivity contribution in [3.8, 4) is 0 Å². The topological polar surface area (TPSA) is 51.9 Å². The molecule has 5 heteroatoms. The Morgan fingerprint density at radius 1 is 1.58 bits per heavy atom. The van der Waals surface area contributed by atoms with Gasteiger partial charge in [0, 0.05) is 20.1 Å². The molecule has 12 heavy (non-hydrogen) atoms. The zero-order valence-corrected chi connectivity index (χ0v) is 7.24. The van der Waals surface area contributed by atoms with Gasteiger partial charge in [0.05, 0.1) is 0 Å². The third kappa shape index (κ3) is 0.929. The summed E-state index contributed by atoms with van der Waals surface area (Å²) in [4.78, 5) is 11.5. The van der Waals surface area contributed by atoms with E-state index in [1.807, 2.05) is 0 Å². The van der Waals surface area contributed by atoms with Crippen LogP contribution in [0.2, 0.25) is 0 Å². The fourth-order valence-electron chi connectivity index (χ4n) is 1.31. The number of hydrogen-bond donors (Lipinski definition) is 1. The average molecular weight is 168 g/mol. The Morgan fingerprint density at radius 2 is 2.25 bits per heavy atom. The van der Waals surface area contributed by atoms with E-state index in [1.54, 1.807) is 18.7 Å². The van der Waals surface area contributed by atoms with Crippen LogP contribution in [0.3, 0.4) is 0 Å². The highest BCUT2D eigenvalue weighted by Crippen LogP contribution is 2.35. The first-order valence-electron chi connectivity index (χ1n) is 4.07. The predicted octanol–water partition coefficient (Wildman–Crippen LogP) is -0.0416. The largest absolute Gasteiger partial charge is 0.357 e. The van der Waals surface area contributed by atoms with Crippen molar-refractivity contribution in [2.45, 2.75) is 18.9 Å². The van der Waals surface area contributed by atoms with E-state index >= 15 is 0 Å². The zero-order valence-electron chi connectivity index (χ0n) is 7.24. The van der Waals surface area contributed by atoms with Gasteiger partial charge < -0.3 is 5.32 Å². The van der Waals surface area contributed by atoms with Crippen LogP contribution in [0, 0.1) is 0 Å². The first-order chi connectivity index (χ1) is 5.74. The van der Waals surface area contributed by atoms with Crippen molar-refractivity contribution >= 4 is 5.95 Å². The van der Waals surface area contributed by atoms with Crippen LogP contribution in [0.5, 0.6) is 0 Å². The van der Waals surface area contributed by atoms with Crippen LogP contribution in [0.4, 0.5) is 5.95 Å². The van der Waals surface area contributed by atoms with E-state index in [1.165, 1.54) is 4.68 Å². The molecule has 2 rings (SSSR count). The van der Waals surface area contributed by atoms with E-state index in [0.29, 0.717) is 12.0 Å². The molecule has 1 N–H and O–H groups in total. The van der Waals surface area contributed by atoms with Gasteiger partial charge in [-0.1, -0.05) is 0 Å². The second-order valence-corrected chi connectivity index (χ2v) is 3.08. The Hall–Kier alpha value is -1.26. The molecule has 5 nitrogen and oxygen atoms in total. The van der Waals surface area contributed by atoms with Crippen LogP contribution >= 0.6 is 0 Å². The molecule has 0 aromatic carbocycles. The summed E-state index contributed by atoms with van der Waals surface area (Å²) in [5.74, 6) is 0.671. The van der Waals surface area contributed by atoms with Gasteiger partial charge >= 0.3 is 5.69 Å². The average Bonchev–Trinajstić information content (AvgIpc) is 2.82. The summed E-state index contributed by atoms with van der Waals surface area (Å²) in [7, 11) is 3.45. The molecule has 0 radical (unpaired) electrons. The summed E-state index contributed by atoms with van der Waals surface area (Å²) in [6, 6.07) is 0.383. The minimum atomic E-state index is -0.0261. The van der Waals surface area contributed by atoms with E-state index in [4.69, 9.17) is 0 Å². The molecule has 0 aliphatic heterocycles. The van der Waals surface area contributed by atoms with Crippen LogP contribution in [0.15, 0.2) is 4.79 Å². The molecule has 1 aromatic heterocycles. The summed E-state index contributed by atoms with van der Waals surface area (Å²) in [6.07, 6.45) is 2.19. The maximum absolute atomic E-state index is 11.5. The number of hydrogen-bond acceptors (Lipinski definition) is 3. The molecule has 1 aliphatic rings. The monoisotopic (exact) mass is 168 g/mol. The summed E-state index contributed by atoms with van der Waals surface area (Å²) in [5, 5.41) is 6.96. The van der Waals surface area contributed by atoms with Gasteiger partial charge in [-0.2, -0.15) is 0 Å². The van der Waals surface area contributed by atoms with Gasteiger partial charge in [0.25, 0.3) is 0 Å². The van der Waals surface area contributed by atoms with E-state index in [2.05, 4.69) is 10.4 Å². The standard InChI is InChI=1S/C7H12N4O/c1-8-6-9-10(2)7(12)11(6)5-3-4-5/h5H,3-4H2,1-2H3,(H,8,9). The summed E-state index contributed by atoms with van der Waals surface area (Å²) in [6.45, 7) is 0. The van der Waals surface area contributed by atoms with Gasteiger partial charge in [-0.15, -0.1) is 5.10 Å². The summed E-state index contributed by atoms with van der Waals surface area (Å²) in [5.41, 5.74) is -0.0261. The third-order valence-electron chi connectivity index (χ3n) is 2.09. The van der Waals surface area contributed by atoms with Gasteiger partial charge in [0.1, 0.15) is 0 Å². The Labute approximate surface area is 70.0 Å². The van der Waals surface area contributed by atoms with E-state index in [9.17, 15) is 4.79 Å². The van der Waals surface area contributed by atoms with Crippen LogP contribution in [-0.4, -0.2) is 21.4 Å². The first-order valence-corrected chi connectivity index (χ1v) is 4.07. The normalized spacial score (nSPS) is 16.5. The van der Waals surface area contributed by atoms with E-state index in [-0.39, 0.29) is 5.69 Å². The van der Waals surface area contributed by atoms with Gasteiger partial charge in [0.15, 0.2) is 0 Å². The van der Waals surface area contributed by atoms with Gasteiger partial charge in [0.2, 0.25) is 5.95 Å². The molecule has 0 unspecified atom stereocenters. The highest BCUT2D eigenvalue weighted by molar-refractivity contribution is 5.24. The maximum Gasteiger partial charge on any atom is 0.347 e. The highest BCUT2D eigenvalue weighted by Gasteiger charge is 2.28. The number of rotatable bonds is 2. The molecule has 0 atom stereocenters. The molecule has 0 saturated heterocycles.